The molecule has 25 heavy (non-hydrogen) atoms. The van der Waals surface area contributed by atoms with E-state index in [0.29, 0.717) is 5.78 Å². The van der Waals surface area contributed by atoms with Crippen molar-refractivity contribution < 1.29 is 14.3 Å². The molecule has 0 saturated heterocycles. The number of carbonyl (C=O) groups excluding carboxylic acids is 1. The number of benzene rings is 1. The van der Waals surface area contributed by atoms with Crippen molar-refractivity contribution in [2.24, 2.45) is 22.2 Å². The van der Waals surface area contributed by atoms with Gasteiger partial charge < -0.3 is 9.47 Å². The molecule has 0 aromatic heterocycles. The molecular weight excluding hydrogens is 312 g/mol. The number of fused-ring (bicyclic) bond motifs is 1. The van der Waals surface area contributed by atoms with E-state index in [1.165, 1.54) is 12.0 Å². The summed E-state index contributed by atoms with van der Waals surface area (Å²) in [5.41, 5.74) is 0.835. The summed E-state index contributed by atoms with van der Waals surface area (Å²) in [6.07, 6.45) is 7.84. The first-order valence-corrected chi connectivity index (χ1v) is 9.28. The standard InChI is InChI=1S/C22H28O3/c1-20(2)10-6-11-21(3)18(15-9-12-22(20,21)19(15)23)14-7-8-16(24-4)17(13-14)25-5/h7-9,12-13,15,18H,6,10-11H2,1-5H3/t15?,18-,21?,22?/m1/s1. The van der Waals surface area contributed by atoms with E-state index in [4.69, 9.17) is 9.47 Å². The predicted octanol–water partition coefficient (Wildman–Crippen LogP) is 4.76. The lowest BCUT2D eigenvalue weighted by molar-refractivity contribution is -0.138. The highest BCUT2D eigenvalue weighted by molar-refractivity contribution is 5.99. The van der Waals surface area contributed by atoms with Gasteiger partial charge in [0, 0.05) is 11.8 Å². The second-order valence-corrected chi connectivity index (χ2v) is 8.80. The average Bonchev–Trinajstić information content (AvgIpc) is 3.01. The van der Waals surface area contributed by atoms with Gasteiger partial charge in [0.25, 0.3) is 0 Å². The van der Waals surface area contributed by atoms with Crippen molar-refractivity contribution in [3.05, 3.63) is 35.9 Å². The normalized spacial score (nSPS) is 37.9. The van der Waals surface area contributed by atoms with Gasteiger partial charge in [0.05, 0.1) is 19.6 Å². The quantitative estimate of drug-likeness (QED) is 0.744. The van der Waals surface area contributed by atoms with Crippen LogP contribution in [0.5, 0.6) is 11.5 Å². The third-order valence-corrected chi connectivity index (χ3v) is 7.52. The smallest absolute Gasteiger partial charge is 0.160 e. The molecule has 1 aromatic rings. The highest BCUT2D eigenvalue weighted by Gasteiger charge is 2.73. The van der Waals surface area contributed by atoms with Crippen LogP contribution < -0.4 is 9.47 Å². The van der Waals surface area contributed by atoms with Crippen molar-refractivity contribution in [2.75, 3.05) is 14.2 Å². The van der Waals surface area contributed by atoms with E-state index < -0.39 is 0 Å². The molecule has 2 fully saturated rings. The van der Waals surface area contributed by atoms with Crippen molar-refractivity contribution >= 4 is 5.78 Å². The van der Waals surface area contributed by atoms with E-state index in [-0.39, 0.29) is 28.1 Å². The molecule has 2 bridgehead atoms. The maximum Gasteiger partial charge on any atom is 0.160 e. The number of ether oxygens (including phenoxy) is 2. The Morgan fingerprint density at radius 2 is 1.76 bits per heavy atom. The molecule has 3 unspecified atom stereocenters. The average molecular weight is 340 g/mol. The molecule has 1 aromatic carbocycles. The fraction of sp³-hybridized carbons (Fsp3) is 0.591. The van der Waals surface area contributed by atoms with E-state index in [0.717, 1.165) is 24.3 Å². The van der Waals surface area contributed by atoms with Crippen molar-refractivity contribution in [3.8, 4) is 11.5 Å². The van der Waals surface area contributed by atoms with Gasteiger partial charge in [-0.15, -0.1) is 0 Å². The molecule has 0 N–H and O–H groups in total. The van der Waals surface area contributed by atoms with Gasteiger partial charge in [0.2, 0.25) is 0 Å². The van der Waals surface area contributed by atoms with Crippen LogP contribution in [0, 0.1) is 22.2 Å². The summed E-state index contributed by atoms with van der Waals surface area (Å²) in [4.78, 5) is 13.5. The van der Waals surface area contributed by atoms with Gasteiger partial charge >= 0.3 is 0 Å². The topological polar surface area (TPSA) is 35.5 Å². The van der Waals surface area contributed by atoms with Crippen LogP contribution in [0.4, 0.5) is 0 Å². The molecule has 3 nitrogen and oxygen atoms in total. The molecule has 0 radical (unpaired) electrons. The van der Waals surface area contributed by atoms with Crippen molar-refractivity contribution in [2.45, 2.75) is 46.0 Å². The Balaban J connectivity index is 1.88. The minimum atomic E-state index is -0.333. The molecule has 1 spiro atoms. The minimum absolute atomic E-state index is 0.00758. The van der Waals surface area contributed by atoms with Crippen LogP contribution in [0.25, 0.3) is 0 Å². The molecule has 0 aliphatic heterocycles. The van der Waals surface area contributed by atoms with Gasteiger partial charge in [-0.2, -0.15) is 0 Å². The van der Waals surface area contributed by atoms with Crippen LogP contribution in [0.3, 0.4) is 0 Å². The van der Waals surface area contributed by atoms with Gasteiger partial charge in [-0.05, 0) is 41.4 Å². The first-order chi connectivity index (χ1) is 11.8. The Kier molecular flexibility index (Phi) is 3.42. The van der Waals surface area contributed by atoms with E-state index in [2.05, 4.69) is 45.1 Å². The summed E-state index contributed by atoms with van der Waals surface area (Å²) >= 11 is 0. The second kappa shape index (κ2) is 5.12. The number of methoxy groups -OCH3 is 2. The van der Waals surface area contributed by atoms with Crippen LogP contribution in [0.15, 0.2) is 30.4 Å². The van der Waals surface area contributed by atoms with E-state index in [1.807, 2.05) is 6.07 Å². The third kappa shape index (κ3) is 1.79. The summed E-state index contributed by atoms with van der Waals surface area (Å²) in [7, 11) is 3.32. The molecule has 0 amide bonds. The Labute approximate surface area is 150 Å². The fourth-order valence-corrected chi connectivity index (χ4v) is 6.46. The van der Waals surface area contributed by atoms with Crippen molar-refractivity contribution in [1.29, 1.82) is 0 Å². The Morgan fingerprint density at radius 3 is 2.44 bits per heavy atom. The maximum atomic E-state index is 13.5. The number of hydrogen-bond acceptors (Lipinski definition) is 3. The summed E-state index contributed by atoms with van der Waals surface area (Å²) in [6.45, 7) is 6.91. The summed E-state index contributed by atoms with van der Waals surface area (Å²) < 4.78 is 10.9. The number of hydrogen-bond donors (Lipinski definition) is 0. The number of ketones is 1. The zero-order valence-electron chi connectivity index (χ0n) is 15.9. The largest absolute Gasteiger partial charge is 0.493 e. The molecule has 3 aliphatic rings. The minimum Gasteiger partial charge on any atom is -0.493 e. The van der Waals surface area contributed by atoms with Crippen LogP contribution in [0.1, 0.15) is 51.5 Å². The van der Waals surface area contributed by atoms with Gasteiger partial charge in [0.1, 0.15) is 0 Å². The first kappa shape index (κ1) is 16.7. The van der Waals surface area contributed by atoms with Crippen molar-refractivity contribution in [3.63, 3.8) is 0 Å². The highest BCUT2D eigenvalue weighted by atomic mass is 16.5. The van der Waals surface area contributed by atoms with Gasteiger partial charge in [-0.3, -0.25) is 4.79 Å². The zero-order chi connectivity index (χ0) is 18.0. The summed E-state index contributed by atoms with van der Waals surface area (Å²) in [5.74, 6) is 2.11. The van der Waals surface area contributed by atoms with Crippen molar-refractivity contribution in [1.82, 2.24) is 0 Å². The van der Waals surface area contributed by atoms with Gasteiger partial charge in [-0.1, -0.05) is 45.4 Å². The number of allylic oxidation sites excluding steroid dienone is 2. The Hall–Kier alpha value is -1.77. The maximum absolute atomic E-state index is 13.5. The Bertz CT molecular complexity index is 763. The molecule has 3 aliphatic carbocycles. The molecule has 4 atom stereocenters. The van der Waals surface area contributed by atoms with E-state index in [9.17, 15) is 4.79 Å². The molecule has 2 saturated carbocycles. The van der Waals surface area contributed by atoms with Gasteiger partial charge in [-0.25, -0.2) is 0 Å². The highest BCUT2D eigenvalue weighted by Crippen LogP contribution is 2.75. The zero-order valence-corrected chi connectivity index (χ0v) is 15.9. The van der Waals surface area contributed by atoms with Crippen LogP contribution in [0.2, 0.25) is 0 Å². The number of Topliss-reactive ketones (excluding diaryl/α,β-unsaturated/α-hetero) is 1. The van der Waals surface area contributed by atoms with Crippen LogP contribution in [-0.2, 0) is 4.79 Å². The lowest BCUT2D eigenvalue weighted by atomic mass is 9.45. The number of rotatable bonds is 3. The van der Waals surface area contributed by atoms with Gasteiger partial charge in [0.15, 0.2) is 17.3 Å². The SMILES string of the molecule is COc1ccc([C@@H]2C3C=CC4(C3=O)C(C)(C)CCCC24C)cc1OC. The molecule has 4 rings (SSSR count). The molecule has 3 heteroatoms. The predicted molar refractivity (Wildman–Crippen MR) is 98.1 cm³/mol. The second-order valence-electron chi connectivity index (χ2n) is 8.80. The van der Waals surface area contributed by atoms with Crippen LogP contribution in [-0.4, -0.2) is 20.0 Å². The lowest BCUT2D eigenvalue weighted by Crippen LogP contribution is -2.53. The molecule has 0 heterocycles. The molecule has 134 valence electrons. The first-order valence-electron chi connectivity index (χ1n) is 9.28. The lowest BCUT2D eigenvalue weighted by Gasteiger charge is -2.57. The van der Waals surface area contributed by atoms with E-state index in [1.54, 1.807) is 14.2 Å². The molecular formula is C22H28O3. The monoisotopic (exact) mass is 340 g/mol. The Morgan fingerprint density at radius 1 is 1.04 bits per heavy atom. The fourth-order valence-electron chi connectivity index (χ4n) is 6.46. The van der Waals surface area contributed by atoms with E-state index >= 15 is 0 Å². The number of carbonyl (C=O) groups is 1. The summed E-state index contributed by atoms with van der Waals surface area (Å²) in [6, 6.07) is 6.17. The van der Waals surface area contributed by atoms with Crippen LogP contribution >= 0.6 is 0 Å². The third-order valence-electron chi connectivity index (χ3n) is 7.52. The summed E-state index contributed by atoms with van der Waals surface area (Å²) in [5, 5.41) is 0.